The van der Waals surface area contributed by atoms with Crippen molar-refractivity contribution in [3.8, 4) is 11.5 Å². The Hall–Kier alpha value is -1.26. The van der Waals surface area contributed by atoms with Crippen LogP contribution in [0.3, 0.4) is 0 Å². The molecule has 4 heteroatoms. The SMILES string of the molecule is COc1cc2c(cc1OC)[C@H](OC)NCC2. The van der Waals surface area contributed by atoms with Crippen molar-refractivity contribution >= 4 is 0 Å². The van der Waals surface area contributed by atoms with Crippen LogP contribution in [0.4, 0.5) is 0 Å². The van der Waals surface area contributed by atoms with Gasteiger partial charge in [0.05, 0.1) is 14.2 Å². The van der Waals surface area contributed by atoms with Gasteiger partial charge in [0.25, 0.3) is 0 Å². The van der Waals surface area contributed by atoms with Crippen LogP contribution in [0.2, 0.25) is 0 Å². The Morgan fingerprint density at radius 2 is 1.81 bits per heavy atom. The molecule has 0 saturated heterocycles. The Labute approximate surface area is 95.5 Å². The third-order valence-electron chi connectivity index (χ3n) is 2.89. The van der Waals surface area contributed by atoms with Crippen molar-refractivity contribution in [2.75, 3.05) is 27.9 Å². The van der Waals surface area contributed by atoms with Gasteiger partial charge in [0, 0.05) is 19.2 Å². The molecule has 2 rings (SSSR count). The molecule has 0 bridgehead atoms. The van der Waals surface area contributed by atoms with Gasteiger partial charge in [-0.25, -0.2) is 0 Å². The standard InChI is InChI=1S/C12H17NO3/c1-14-10-6-8-4-5-13-12(16-3)9(8)7-11(10)15-2/h6-7,12-13H,4-5H2,1-3H3/t12-/m0/s1. The van der Waals surface area contributed by atoms with E-state index in [0.29, 0.717) is 0 Å². The summed E-state index contributed by atoms with van der Waals surface area (Å²) in [4.78, 5) is 0. The highest BCUT2D eigenvalue weighted by Crippen LogP contribution is 2.35. The van der Waals surface area contributed by atoms with Gasteiger partial charge in [0.1, 0.15) is 6.23 Å². The van der Waals surface area contributed by atoms with Crippen LogP contribution in [-0.4, -0.2) is 27.9 Å². The van der Waals surface area contributed by atoms with Gasteiger partial charge >= 0.3 is 0 Å². The lowest BCUT2D eigenvalue weighted by molar-refractivity contribution is 0.0682. The monoisotopic (exact) mass is 223 g/mol. The zero-order chi connectivity index (χ0) is 11.5. The third-order valence-corrected chi connectivity index (χ3v) is 2.89. The van der Waals surface area contributed by atoms with Crippen molar-refractivity contribution in [1.82, 2.24) is 5.32 Å². The van der Waals surface area contributed by atoms with E-state index in [4.69, 9.17) is 14.2 Å². The topological polar surface area (TPSA) is 39.7 Å². The van der Waals surface area contributed by atoms with Gasteiger partial charge < -0.3 is 14.2 Å². The minimum atomic E-state index is -0.0523. The van der Waals surface area contributed by atoms with Gasteiger partial charge in [0.2, 0.25) is 0 Å². The molecule has 0 aliphatic carbocycles. The van der Waals surface area contributed by atoms with E-state index in [1.807, 2.05) is 12.1 Å². The molecule has 1 aromatic carbocycles. The lowest BCUT2D eigenvalue weighted by Crippen LogP contribution is -2.30. The van der Waals surface area contributed by atoms with E-state index < -0.39 is 0 Å². The summed E-state index contributed by atoms with van der Waals surface area (Å²) >= 11 is 0. The molecular weight excluding hydrogens is 206 g/mol. The predicted octanol–water partition coefficient (Wildman–Crippen LogP) is 1.49. The lowest BCUT2D eigenvalue weighted by Gasteiger charge is -2.26. The van der Waals surface area contributed by atoms with Crippen LogP contribution in [0.1, 0.15) is 17.4 Å². The van der Waals surface area contributed by atoms with Crippen molar-refractivity contribution in [1.29, 1.82) is 0 Å². The smallest absolute Gasteiger partial charge is 0.161 e. The summed E-state index contributed by atoms with van der Waals surface area (Å²) < 4.78 is 16.0. The van der Waals surface area contributed by atoms with Gasteiger partial charge in [-0.05, 0) is 24.1 Å². The highest BCUT2D eigenvalue weighted by atomic mass is 16.5. The molecule has 0 fully saturated rings. The van der Waals surface area contributed by atoms with E-state index in [0.717, 1.165) is 30.0 Å². The minimum Gasteiger partial charge on any atom is -0.493 e. The number of fused-ring (bicyclic) bond motifs is 1. The van der Waals surface area contributed by atoms with Crippen LogP contribution < -0.4 is 14.8 Å². The van der Waals surface area contributed by atoms with E-state index in [1.165, 1.54) is 5.56 Å². The van der Waals surface area contributed by atoms with Gasteiger partial charge in [-0.3, -0.25) is 5.32 Å². The second-order valence-corrected chi connectivity index (χ2v) is 3.73. The minimum absolute atomic E-state index is 0.0523. The first-order valence-electron chi connectivity index (χ1n) is 5.31. The first kappa shape index (κ1) is 11.2. The number of rotatable bonds is 3. The molecule has 0 saturated carbocycles. The number of hydrogen-bond acceptors (Lipinski definition) is 4. The normalized spacial score (nSPS) is 19.1. The number of methoxy groups -OCH3 is 3. The Morgan fingerprint density at radius 1 is 1.12 bits per heavy atom. The summed E-state index contributed by atoms with van der Waals surface area (Å²) in [5.74, 6) is 1.52. The fourth-order valence-electron chi connectivity index (χ4n) is 2.06. The van der Waals surface area contributed by atoms with Crippen LogP contribution in [0.15, 0.2) is 12.1 Å². The summed E-state index contributed by atoms with van der Waals surface area (Å²) in [6.07, 6.45) is 0.929. The highest BCUT2D eigenvalue weighted by Gasteiger charge is 2.21. The molecule has 1 atom stereocenters. The average molecular weight is 223 g/mol. The Kier molecular flexibility index (Phi) is 3.31. The molecule has 0 aromatic heterocycles. The van der Waals surface area contributed by atoms with Crippen molar-refractivity contribution in [2.24, 2.45) is 0 Å². The largest absolute Gasteiger partial charge is 0.493 e. The number of ether oxygens (including phenoxy) is 3. The van der Waals surface area contributed by atoms with Crippen molar-refractivity contribution < 1.29 is 14.2 Å². The van der Waals surface area contributed by atoms with Crippen LogP contribution in [0.5, 0.6) is 11.5 Å². The fourth-order valence-corrected chi connectivity index (χ4v) is 2.06. The van der Waals surface area contributed by atoms with E-state index in [-0.39, 0.29) is 6.23 Å². The molecule has 0 spiro atoms. The molecule has 4 nitrogen and oxygen atoms in total. The molecule has 1 aliphatic heterocycles. The van der Waals surface area contributed by atoms with Gasteiger partial charge in [0.15, 0.2) is 11.5 Å². The van der Waals surface area contributed by atoms with Crippen molar-refractivity contribution in [3.05, 3.63) is 23.3 Å². The summed E-state index contributed by atoms with van der Waals surface area (Å²) in [6.45, 7) is 0.918. The molecule has 0 radical (unpaired) electrons. The lowest BCUT2D eigenvalue weighted by atomic mass is 9.98. The summed E-state index contributed by atoms with van der Waals surface area (Å²) in [7, 11) is 4.99. The van der Waals surface area contributed by atoms with Crippen LogP contribution in [0, 0.1) is 0 Å². The molecule has 1 heterocycles. The first-order valence-corrected chi connectivity index (χ1v) is 5.31. The summed E-state index contributed by atoms with van der Waals surface area (Å²) in [5, 5.41) is 3.30. The number of benzene rings is 1. The van der Waals surface area contributed by atoms with E-state index >= 15 is 0 Å². The second kappa shape index (κ2) is 4.72. The Morgan fingerprint density at radius 3 is 2.44 bits per heavy atom. The zero-order valence-electron chi connectivity index (χ0n) is 9.87. The zero-order valence-corrected chi connectivity index (χ0v) is 9.87. The van der Waals surface area contributed by atoms with Crippen LogP contribution >= 0.6 is 0 Å². The molecular formula is C12H17NO3. The maximum atomic E-state index is 5.38. The van der Waals surface area contributed by atoms with E-state index in [9.17, 15) is 0 Å². The molecule has 1 N–H and O–H groups in total. The van der Waals surface area contributed by atoms with E-state index in [1.54, 1.807) is 21.3 Å². The second-order valence-electron chi connectivity index (χ2n) is 3.73. The Balaban J connectivity index is 2.46. The summed E-state index contributed by atoms with van der Waals surface area (Å²) in [6, 6.07) is 4.01. The van der Waals surface area contributed by atoms with E-state index in [2.05, 4.69) is 5.32 Å². The average Bonchev–Trinajstić information content (AvgIpc) is 2.36. The van der Waals surface area contributed by atoms with Crippen LogP contribution in [0.25, 0.3) is 0 Å². The van der Waals surface area contributed by atoms with Gasteiger partial charge in [-0.2, -0.15) is 0 Å². The molecule has 0 amide bonds. The first-order chi connectivity index (χ1) is 7.80. The highest BCUT2D eigenvalue weighted by molar-refractivity contribution is 5.49. The number of hydrogen-bond donors (Lipinski definition) is 1. The Bertz CT molecular complexity index is 379. The quantitative estimate of drug-likeness (QED) is 0.843. The third kappa shape index (κ3) is 1.86. The maximum Gasteiger partial charge on any atom is 0.161 e. The van der Waals surface area contributed by atoms with Crippen molar-refractivity contribution in [2.45, 2.75) is 12.6 Å². The molecule has 88 valence electrons. The fraction of sp³-hybridized carbons (Fsp3) is 0.500. The maximum absolute atomic E-state index is 5.38. The predicted molar refractivity (Wildman–Crippen MR) is 61.0 cm³/mol. The van der Waals surface area contributed by atoms with Gasteiger partial charge in [-0.15, -0.1) is 0 Å². The molecule has 0 unspecified atom stereocenters. The molecule has 16 heavy (non-hydrogen) atoms. The van der Waals surface area contributed by atoms with Crippen LogP contribution in [-0.2, 0) is 11.2 Å². The molecule has 1 aliphatic rings. The molecule has 1 aromatic rings. The number of nitrogens with one attached hydrogen (secondary N) is 1. The van der Waals surface area contributed by atoms with Crippen molar-refractivity contribution in [3.63, 3.8) is 0 Å². The summed E-state index contributed by atoms with van der Waals surface area (Å²) in [5.41, 5.74) is 2.38. The van der Waals surface area contributed by atoms with Gasteiger partial charge in [-0.1, -0.05) is 0 Å².